The van der Waals surface area contributed by atoms with Gasteiger partial charge < -0.3 is 10.1 Å². The lowest BCUT2D eigenvalue weighted by Crippen LogP contribution is -2.41. The Morgan fingerprint density at radius 2 is 1.64 bits per heavy atom. The van der Waals surface area contributed by atoms with Crippen molar-refractivity contribution in [3.05, 3.63) is 83.4 Å². The number of carbonyl (C=O) groups excluding carboxylic acids is 1. The number of aryl methyl sites for hydroxylation is 1. The highest BCUT2D eigenvalue weighted by atomic mass is 35.5. The third-order valence-corrected chi connectivity index (χ3v) is 7.82. The van der Waals surface area contributed by atoms with E-state index in [2.05, 4.69) is 5.32 Å². The fourth-order valence-electron chi connectivity index (χ4n) is 2.98. The zero-order valence-corrected chi connectivity index (χ0v) is 20.7. The number of halogens is 1. The lowest BCUT2D eigenvalue weighted by atomic mass is 10.2. The van der Waals surface area contributed by atoms with E-state index in [1.807, 2.05) is 43.3 Å². The summed E-state index contributed by atoms with van der Waals surface area (Å²) in [6.45, 7) is 1.98. The van der Waals surface area contributed by atoms with Crippen LogP contribution in [0.1, 0.15) is 5.56 Å². The fraction of sp³-hybridized carbons (Fsp3) is 0.208. The second-order valence-electron chi connectivity index (χ2n) is 7.18. The summed E-state index contributed by atoms with van der Waals surface area (Å²) in [5, 5.41) is 3.47. The van der Waals surface area contributed by atoms with Gasteiger partial charge in [0.05, 0.1) is 17.7 Å². The largest absolute Gasteiger partial charge is 0.497 e. The third-order valence-electron chi connectivity index (χ3n) is 4.76. The highest BCUT2D eigenvalue weighted by Gasteiger charge is 2.27. The molecule has 0 aromatic heterocycles. The molecular weight excluding hydrogens is 480 g/mol. The van der Waals surface area contributed by atoms with Crippen molar-refractivity contribution < 1.29 is 17.9 Å². The maximum Gasteiger partial charge on any atom is 0.264 e. The lowest BCUT2D eigenvalue weighted by molar-refractivity contribution is -0.119. The summed E-state index contributed by atoms with van der Waals surface area (Å²) < 4.78 is 33.0. The molecule has 1 N–H and O–H groups in total. The minimum Gasteiger partial charge on any atom is -0.497 e. The SMILES string of the molecule is COc1ccc(S(=O)(=O)N(CC(=O)NCCSc2ccc(Cl)cc2)c2ccc(C)cc2)cc1. The number of methoxy groups -OCH3 is 1. The number of benzene rings is 3. The number of nitrogens with one attached hydrogen (secondary N) is 1. The molecule has 0 aliphatic rings. The van der Waals surface area contributed by atoms with Gasteiger partial charge in [0, 0.05) is 22.2 Å². The van der Waals surface area contributed by atoms with Crippen molar-refractivity contribution >= 4 is 45.0 Å². The molecule has 174 valence electrons. The first kappa shape index (κ1) is 25.0. The minimum absolute atomic E-state index is 0.0787. The summed E-state index contributed by atoms with van der Waals surface area (Å²) in [4.78, 5) is 13.8. The standard InChI is InChI=1S/C24H25ClN2O4S2/c1-18-3-7-20(8-4-18)27(33(29,30)23-13-9-21(31-2)10-14-23)17-24(28)26-15-16-32-22-11-5-19(25)6-12-22/h3-14H,15-17H2,1-2H3,(H,26,28). The van der Waals surface area contributed by atoms with Gasteiger partial charge >= 0.3 is 0 Å². The topological polar surface area (TPSA) is 75.7 Å². The normalized spacial score (nSPS) is 11.1. The van der Waals surface area contributed by atoms with E-state index in [4.69, 9.17) is 16.3 Å². The van der Waals surface area contributed by atoms with Gasteiger partial charge in [0.15, 0.2) is 0 Å². The molecule has 33 heavy (non-hydrogen) atoms. The Hall–Kier alpha value is -2.68. The van der Waals surface area contributed by atoms with Crippen LogP contribution < -0.4 is 14.4 Å². The van der Waals surface area contributed by atoms with E-state index in [1.54, 1.807) is 36.0 Å². The van der Waals surface area contributed by atoms with Crippen molar-refractivity contribution in [3.8, 4) is 5.75 Å². The average molecular weight is 505 g/mol. The predicted molar refractivity (Wildman–Crippen MR) is 134 cm³/mol. The zero-order valence-electron chi connectivity index (χ0n) is 18.3. The summed E-state index contributed by atoms with van der Waals surface area (Å²) >= 11 is 7.47. The first-order valence-electron chi connectivity index (χ1n) is 10.2. The number of nitrogens with zero attached hydrogens (tertiary/aromatic N) is 1. The minimum atomic E-state index is -3.97. The van der Waals surface area contributed by atoms with Crippen molar-refractivity contribution in [2.45, 2.75) is 16.7 Å². The van der Waals surface area contributed by atoms with Crippen LogP contribution in [-0.4, -0.2) is 40.3 Å². The average Bonchev–Trinajstić information content (AvgIpc) is 2.82. The van der Waals surface area contributed by atoms with Gasteiger partial charge in [-0.25, -0.2) is 8.42 Å². The monoisotopic (exact) mass is 504 g/mol. The van der Waals surface area contributed by atoms with Gasteiger partial charge in [0.1, 0.15) is 12.3 Å². The molecule has 0 heterocycles. The summed E-state index contributed by atoms with van der Waals surface area (Å²) in [5.41, 5.74) is 1.41. The Bertz CT molecular complexity index is 1170. The van der Waals surface area contributed by atoms with Crippen LogP contribution in [0, 0.1) is 6.92 Å². The van der Waals surface area contributed by atoms with Gasteiger partial charge in [-0.2, -0.15) is 0 Å². The lowest BCUT2D eigenvalue weighted by Gasteiger charge is -2.24. The highest BCUT2D eigenvalue weighted by Crippen LogP contribution is 2.25. The molecule has 0 spiro atoms. The Balaban J connectivity index is 1.70. The van der Waals surface area contributed by atoms with Gasteiger partial charge in [-0.05, 0) is 67.6 Å². The molecule has 3 rings (SSSR count). The van der Waals surface area contributed by atoms with Crippen LogP contribution in [0.5, 0.6) is 5.75 Å². The molecule has 0 bridgehead atoms. The maximum atomic E-state index is 13.4. The van der Waals surface area contributed by atoms with Gasteiger partial charge in [-0.3, -0.25) is 9.10 Å². The Morgan fingerprint density at radius 1 is 1.00 bits per heavy atom. The summed E-state index contributed by atoms with van der Waals surface area (Å²) in [6.07, 6.45) is 0. The number of hydrogen-bond acceptors (Lipinski definition) is 5. The van der Waals surface area contributed by atoms with Crippen LogP contribution >= 0.6 is 23.4 Å². The van der Waals surface area contributed by atoms with E-state index in [9.17, 15) is 13.2 Å². The Labute approximate surface area is 204 Å². The number of thioether (sulfide) groups is 1. The van der Waals surface area contributed by atoms with E-state index in [-0.39, 0.29) is 17.3 Å². The van der Waals surface area contributed by atoms with Crippen LogP contribution in [-0.2, 0) is 14.8 Å². The molecule has 3 aromatic carbocycles. The van der Waals surface area contributed by atoms with Crippen LogP contribution in [0.4, 0.5) is 5.69 Å². The van der Waals surface area contributed by atoms with Crippen molar-refractivity contribution in [1.29, 1.82) is 0 Å². The summed E-state index contributed by atoms with van der Waals surface area (Å²) in [5.74, 6) is 0.805. The molecule has 1 amide bonds. The molecule has 0 saturated carbocycles. The number of sulfonamides is 1. The molecule has 0 atom stereocenters. The predicted octanol–water partition coefficient (Wildman–Crippen LogP) is 4.76. The molecule has 0 aliphatic heterocycles. The highest BCUT2D eigenvalue weighted by molar-refractivity contribution is 7.99. The van der Waals surface area contributed by atoms with E-state index in [1.165, 1.54) is 19.2 Å². The second-order valence-corrected chi connectivity index (χ2v) is 10.6. The molecule has 0 saturated heterocycles. The van der Waals surface area contributed by atoms with Crippen LogP contribution in [0.3, 0.4) is 0 Å². The molecule has 6 nitrogen and oxygen atoms in total. The van der Waals surface area contributed by atoms with Crippen molar-refractivity contribution in [2.75, 3.05) is 30.3 Å². The maximum absolute atomic E-state index is 13.4. The molecule has 0 fully saturated rings. The second kappa shape index (κ2) is 11.4. The Morgan fingerprint density at radius 3 is 2.24 bits per heavy atom. The van der Waals surface area contributed by atoms with E-state index in [0.29, 0.717) is 28.8 Å². The molecule has 0 radical (unpaired) electrons. The third kappa shape index (κ3) is 6.90. The summed E-state index contributed by atoms with van der Waals surface area (Å²) in [7, 11) is -2.45. The van der Waals surface area contributed by atoms with Crippen LogP contribution in [0.15, 0.2) is 82.6 Å². The van der Waals surface area contributed by atoms with Crippen molar-refractivity contribution in [1.82, 2.24) is 5.32 Å². The van der Waals surface area contributed by atoms with Gasteiger partial charge in [0.25, 0.3) is 10.0 Å². The molecule has 0 aliphatic carbocycles. The zero-order chi connectivity index (χ0) is 23.8. The summed E-state index contributed by atoms with van der Waals surface area (Å²) in [6, 6.07) is 20.6. The smallest absolute Gasteiger partial charge is 0.264 e. The first-order chi connectivity index (χ1) is 15.8. The van der Waals surface area contributed by atoms with Crippen LogP contribution in [0.25, 0.3) is 0 Å². The van der Waals surface area contributed by atoms with E-state index in [0.717, 1.165) is 14.8 Å². The molecular formula is C24H25ClN2O4S2. The quantitative estimate of drug-likeness (QED) is 0.318. The first-order valence-corrected chi connectivity index (χ1v) is 13.0. The fourth-order valence-corrected chi connectivity index (χ4v) is 5.29. The van der Waals surface area contributed by atoms with Gasteiger partial charge in [-0.1, -0.05) is 29.3 Å². The van der Waals surface area contributed by atoms with E-state index >= 15 is 0 Å². The van der Waals surface area contributed by atoms with Gasteiger partial charge in [0.2, 0.25) is 5.91 Å². The number of amides is 1. The number of anilines is 1. The molecule has 0 unspecified atom stereocenters. The number of carbonyl (C=O) groups is 1. The van der Waals surface area contributed by atoms with Crippen molar-refractivity contribution in [2.24, 2.45) is 0 Å². The van der Waals surface area contributed by atoms with Crippen LogP contribution in [0.2, 0.25) is 5.02 Å². The number of hydrogen-bond donors (Lipinski definition) is 1. The van der Waals surface area contributed by atoms with Crippen molar-refractivity contribution in [3.63, 3.8) is 0 Å². The van der Waals surface area contributed by atoms with Gasteiger partial charge in [-0.15, -0.1) is 11.8 Å². The molecule has 9 heteroatoms. The number of rotatable bonds is 10. The Kier molecular flexibility index (Phi) is 8.66. The number of ether oxygens (including phenoxy) is 1. The molecule has 3 aromatic rings. The van der Waals surface area contributed by atoms with E-state index < -0.39 is 10.0 Å².